The molecule has 0 bridgehead atoms. The molecule has 106 valence electrons. The first-order valence-electron chi connectivity index (χ1n) is 7.49. The number of hydrogen-bond acceptors (Lipinski definition) is 1. The minimum Gasteiger partial charge on any atom is -0.478 e. The molecule has 18 heavy (non-hydrogen) atoms. The summed E-state index contributed by atoms with van der Waals surface area (Å²) >= 11 is 0. The summed E-state index contributed by atoms with van der Waals surface area (Å²) in [4.78, 5) is 10.5. The summed E-state index contributed by atoms with van der Waals surface area (Å²) in [5.41, 5.74) is 0.991. The zero-order chi connectivity index (χ0) is 13.8. The molecule has 0 heterocycles. The van der Waals surface area contributed by atoms with E-state index in [0.29, 0.717) is 5.92 Å². The monoisotopic (exact) mass is 254 g/mol. The molecule has 0 aromatic carbocycles. The second-order valence-electron chi connectivity index (χ2n) is 5.39. The lowest BCUT2D eigenvalue weighted by atomic mass is 9.95. The molecule has 0 rings (SSSR count). The Bertz CT molecular complexity index is 243. The number of unbranched alkanes of at least 4 members (excludes halogenated alkanes) is 7. The first-order valence-corrected chi connectivity index (χ1v) is 7.49. The fourth-order valence-electron chi connectivity index (χ4n) is 2.15. The Morgan fingerprint density at radius 2 is 1.56 bits per heavy atom. The first kappa shape index (κ1) is 17.2. The van der Waals surface area contributed by atoms with Crippen molar-refractivity contribution in [2.75, 3.05) is 0 Å². The van der Waals surface area contributed by atoms with Crippen LogP contribution in [0.15, 0.2) is 11.6 Å². The van der Waals surface area contributed by atoms with Crippen molar-refractivity contribution >= 4 is 5.97 Å². The van der Waals surface area contributed by atoms with Crippen molar-refractivity contribution in [2.45, 2.75) is 78.6 Å². The van der Waals surface area contributed by atoms with E-state index in [1.807, 2.05) is 6.92 Å². The molecule has 0 fully saturated rings. The van der Waals surface area contributed by atoms with Crippen molar-refractivity contribution in [1.82, 2.24) is 0 Å². The van der Waals surface area contributed by atoms with Gasteiger partial charge in [-0.25, -0.2) is 4.79 Å². The standard InChI is InChI=1S/C16H30O2/c1-4-5-6-7-8-9-10-11-12-14(2)15(3)13-16(17)18/h13-14H,4-12H2,1-3H3,(H,17,18). The van der Waals surface area contributed by atoms with E-state index in [-0.39, 0.29) is 0 Å². The Morgan fingerprint density at radius 1 is 1.06 bits per heavy atom. The SMILES string of the molecule is CCCCCCCCCCC(C)C(C)=CC(=O)O. The number of carbonyl (C=O) groups is 1. The average molecular weight is 254 g/mol. The van der Waals surface area contributed by atoms with Crippen molar-refractivity contribution in [3.8, 4) is 0 Å². The molecule has 0 aliphatic carbocycles. The highest BCUT2D eigenvalue weighted by molar-refractivity contribution is 5.80. The lowest BCUT2D eigenvalue weighted by Crippen LogP contribution is -2.00. The Kier molecular flexibility index (Phi) is 10.8. The van der Waals surface area contributed by atoms with E-state index in [1.165, 1.54) is 57.4 Å². The van der Waals surface area contributed by atoms with Gasteiger partial charge in [-0.3, -0.25) is 0 Å². The van der Waals surface area contributed by atoms with Gasteiger partial charge in [0, 0.05) is 6.08 Å². The van der Waals surface area contributed by atoms with Gasteiger partial charge >= 0.3 is 5.97 Å². The molecule has 0 aromatic rings. The third-order valence-corrected chi connectivity index (χ3v) is 3.62. The summed E-state index contributed by atoms with van der Waals surface area (Å²) in [5, 5.41) is 8.67. The quantitative estimate of drug-likeness (QED) is 0.407. The molecule has 0 aliphatic rings. The van der Waals surface area contributed by atoms with E-state index >= 15 is 0 Å². The maximum Gasteiger partial charge on any atom is 0.328 e. The Hall–Kier alpha value is -0.790. The van der Waals surface area contributed by atoms with Gasteiger partial charge in [0.2, 0.25) is 0 Å². The van der Waals surface area contributed by atoms with Crippen LogP contribution in [0.1, 0.15) is 78.6 Å². The van der Waals surface area contributed by atoms with Crippen molar-refractivity contribution in [1.29, 1.82) is 0 Å². The van der Waals surface area contributed by atoms with E-state index < -0.39 is 5.97 Å². The van der Waals surface area contributed by atoms with Crippen LogP contribution in [0.2, 0.25) is 0 Å². The molecule has 0 amide bonds. The smallest absolute Gasteiger partial charge is 0.328 e. The van der Waals surface area contributed by atoms with E-state index in [4.69, 9.17) is 5.11 Å². The van der Waals surface area contributed by atoms with E-state index in [9.17, 15) is 4.79 Å². The fraction of sp³-hybridized carbons (Fsp3) is 0.812. The average Bonchev–Trinajstić information content (AvgIpc) is 2.31. The predicted octanol–water partition coefficient (Wildman–Crippen LogP) is 5.18. The van der Waals surface area contributed by atoms with Crippen LogP contribution < -0.4 is 0 Å². The van der Waals surface area contributed by atoms with E-state index in [2.05, 4.69) is 13.8 Å². The van der Waals surface area contributed by atoms with Gasteiger partial charge < -0.3 is 5.11 Å². The minimum atomic E-state index is -0.824. The van der Waals surface area contributed by atoms with Gasteiger partial charge in [-0.1, -0.05) is 70.8 Å². The zero-order valence-electron chi connectivity index (χ0n) is 12.4. The van der Waals surface area contributed by atoms with Gasteiger partial charge in [-0.15, -0.1) is 0 Å². The van der Waals surface area contributed by atoms with Gasteiger partial charge in [0.1, 0.15) is 0 Å². The number of carboxylic acids is 1. The molecule has 0 radical (unpaired) electrons. The highest BCUT2D eigenvalue weighted by Gasteiger charge is 2.05. The summed E-state index contributed by atoms with van der Waals surface area (Å²) in [6, 6.07) is 0. The number of aliphatic carboxylic acids is 1. The number of rotatable bonds is 11. The number of carboxylic acid groups (broad SMARTS) is 1. The van der Waals surface area contributed by atoms with Gasteiger partial charge in [-0.2, -0.15) is 0 Å². The van der Waals surface area contributed by atoms with Gasteiger partial charge in [0.25, 0.3) is 0 Å². The molecule has 0 aliphatic heterocycles. The fourth-order valence-corrected chi connectivity index (χ4v) is 2.15. The van der Waals surface area contributed by atoms with Crippen LogP contribution in [0.4, 0.5) is 0 Å². The molecule has 0 spiro atoms. The highest BCUT2D eigenvalue weighted by Crippen LogP contribution is 2.18. The van der Waals surface area contributed by atoms with Crippen LogP contribution in [0.3, 0.4) is 0 Å². The molecule has 0 aromatic heterocycles. The molecule has 2 heteroatoms. The van der Waals surface area contributed by atoms with Crippen LogP contribution in [0.25, 0.3) is 0 Å². The maximum atomic E-state index is 10.5. The molecule has 1 unspecified atom stereocenters. The summed E-state index contributed by atoms with van der Waals surface area (Å²) in [7, 11) is 0. The molecule has 0 saturated carbocycles. The summed E-state index contributed by atoms with van der Waals surface area (Å²) in [5.74, 6) is -0.420. The zero-order valence-corrected chi connectivity index (χ0v) is 12.4. The van der Waals surface area contributed by atoms with Crippen molar-refractivity contribution < 1.29 is 9.90 Å². The topological polar surface area (TPSA) is 37.3 Å². The third kappa shape index (κ3) is 10.4. The van der Waals surface area contributed by atoms with Crippen molar-refractivity contribution in [3.05, 3.63) is 11.6 Å². The lowest BCUT2D eigenvalue weighted by molar-refractivity contribution is -0.131. The molecular formula is C16H30O2. The van der Waals surface area contributed by atoms with Crippen LogP contribution in [-0.2, 0) is 4.79 Å². The Morgan fingerprint density at radius 3 is 2.06 bits per heavy atom. The summed E-state index contributed by atoms with van der Waals surface area (Å²) in [6.07, 6.45) is 13.1. The lowest BCUT2D eigenvalue weighted by Gasteiger charge is -2.11. The largest absolute Gasteiger partial charge is 0.478 e. The molecule has 0 saturated heterocycles. The van der Waals surface area contributed by atoms with E-state index in [1.54, 1.807) is 0 Å². The Labute approximate surface area is 112 Å². The van der Waals surface area contributed by atoms with Gasteiger partial charge in [-0.05, 0) is 19.3 Å². The van der Waals surface area contributed by atoms with Crippen LogP contribution in [0.5, 0.6) is 0 Å². The predicted molar refractivity (Wildman–Crippen MR) is 77.8 cm³/mol. The Balaban J connectivity index is 3.46. The third-order valence-electron chi connectivity index (χ3n) is 3.62. The second-order valence-corrected chi connectivity index (χ2v) is 5.39. The van der Waals surface area contributed by atoms with Crippen molar-refractivity contribution in [2.24, 2.45) is 5.92 Å². The minimum absolute atomic E-state index is 0.404. The van der Waals surface area contributed by atoms with Crippen LogP contribution in [-0.4, -0.2) is 11.1 Å². The highest BCUT2D eigenvalue weighted by atomic mass is 16.4. The van der Waals surface area contributed by atoms with Crippen molar-refractivity contribution in [3.63, 3.8) is 0 Å². The van der Waals surface area contributed by atoms with Crippen LogP contribution >= 0.6 is 0 Å². The summed E-state index contributed by atoms with van der Waals surface area (Å²) < 4.78 is 0. The number of hydrogen-bond donors (Lipinski definition) is 1. The first-order chi connectivity index (χ1) is 8.57. The molecule has 1 atom stereocenters. The summed E-state index contributed by atoms with van der Waals surface area (Å²) in [6.45, 7) is 6.29. The maximum absolute atomic E-state index is 10.5. The molecule has 1 N–H and O–H groups in total. The van der Waals surface area contributed by atoms with Crippen LogP contribution in [0, 0.1) is 5.92 Å². The molecular weight excluding hydrogens is 224 g/mol. The number of allylic oxidation sites excluding steroid dienone is 1. The molecule has 2 nitrogen and oxygen atoms in total. The van der Waals surface area contributed by atoms with Gasteiger partial charge in [0.15, 0.2) is 0 Å². The normalized spacial score (nSPS) is 13.6. The van der Waals surface area contributed by atoms with E-state index in [0.717, 1.165) is 12.0 Å². The van der Waals surface area contributed by atoms with Gasteiger partial charge in [0.05, 0.1) is 0 Å². The second kappa shape index (κ2) is 11.3.